The Bertz CT molecular complexity index is 906. The number of thiocarbonyl (C=S) groups is 1. The fourth-order valence-electron chi connectivity index (χ4n) is 3.02. The third-order valence-electron chi connectivity index (χ3n) is 4.30. The maximum Gasteiger partial charge on any atom is 0.308 e. The number of anilines is 1. The number of hydrogen-bond donors (Lipinski definition) is 1. The van der Waals surface area contributed by atoms with Crippen molar-refractivity contribution in [1.29, 1.82) is 0 Å². The van der Waals surface area contributed by atoms with E-state index < -0.39 is 18.2 Å². The second-order valence-electron chi connectivity index (χ2n) is 6.10. The Labute approximate surface area is 178 Å². The maximum atomic E-state index is 12.0. The summed E-state index contributed by atoms with van der Waals surface area (Å²) in [6.07, 6.45) is -1.31. The van der Waals surface area contributed by atoms with Gasteiger partial charge in [0.15, 0.2) is 0 Å². The average molecular weight is 440 g/mol. The monoisotopic (exact) mass is 439 g/mol. The summed E-state index contributed by atoms with van der Waals surface area (Å²) in [6, 6.07) is 10.8. The van der Waals surface area contributed by atoms with Gasteiger partial charge in [-0.15, -0.1) is 0 Å². The van der Waals surface area contributed by atoms with E-state index in [-0.39, 0.29) is 13.0 Å². The molecule has 1 heterocycles. The summed E-state index contributed by atoms with van der Waals surface area (Å²) in [6.45, 7) is 2.03. The summed E-state index contributed by atoms with van der Waals surface area (Å²) < 4.78 is 16.7. The first-order chi connectivity index (χ1) is 13.4. The molecule has 1 aliphatic heterocycles. The first kappa shape index (κ1) is 20.9. The summed E-state index contributed by atoms with van der Waals surface area (Å²) in [5.74, 6) is 0.129. The minimum absolute atomic E-state index is 0.0144. The van der Waals surface area contributed by atoms with E-state index >= 15 is 0 Å². The molecule has 0 fully saturated rings. The smallest absolute Gasteiger partial charge is 0.308 e. The molecule has 0 radical (unpaired) electrons. The Kier molecular flexibility index (Phi) is 6.78. The molecule has 3 rings (SSSR count). The number of esters is 1. The number of methoxy groups -OCH3 is 1. The van der Waals surface area contributed by atoms with Crippen LogP contribution < -0.4 is 10.1 Å². The molecule has 0 bridgehead atoms. The Morgan fingerprint density at radius 3 is 2.75 bits per heavy atom. The maximum absolute atomic E-state index is 12.0. The molecule has 0 spiro atoms. The minimum atomic E-state index is -0.688. The van der Waals surface area contributed by atoms with Crippen molar-refractivity contribution in [3.63, 3.8) is 0 Å². The number of fused-ring (bicyclic) bond motifs is 1. The van der Waals surface area contributed by atoms with Crippen LogP contribution in [-0.2, 0) is 14.3 Å². The van der Waals surface area contributed by atoms with Crippen LogP contribution >= 0.6 is 35.4 Å². The second kappa shape index (κ2) is 9.09. The van der Waals surface area contributed by atoms with Crippen LogP contribution in [0.15, 0.2) is 36.4 Å². The van der Waals surface area contributed by atoms with E-state index in [1.807, 2.05) is 18.2 Å². The van der Waals surface area contributed by atoms with Crippen molar-refractivity contribution < 1.29 is 19.0 Å². The fourth-order valence-corrected chi connectivity index (χ4v) is 3.75. The molecule has 0 saturated heterocycles. The highest BCUT2D eigenvalue weighted by molar-refractivity contribution is 7.80. The Morgan fingerprint density at radius 1 is 1.25 bits per heavy atom. The van der Waals surface area contributed by atoms with Gasteiger partial charge in [-0.2, -0.15) is 0 Å². The lowest BCUT2D eigenvalue weighted by molar-refractivity contribution is -0.145. The van der Waals surface area contributed by atoms with Crippen LogP contribution in [0.4, 0.5) is 5.69 Å². The normalized spacial score (nSPS) is 18.6. The molecule has 148 valence electrons. The van der Waals surface area contributed by atoms with Gasteiger partial charge in [0.1, 0.15) is 22.9 Å². The van der Waals surface area contributed by atoms with E-state index in [0.29, 0.717) is 26.3 Å². The molecule has 0 saturated carbocycles. The molecule has 1 N–H and O–H groups in total. The molecule has 8 heteroatoms. The Hall–Kier alpha value is -1.86. The third-order valence-corrected chi connectivity index (χ3v) is 5.30. The number of carbonyl (C=O) groups excluding carboxylic acids is 1. The summed E-state index contributed by atoms with van der Waals surface area (Å²) >= 11 is 18.3. The van der Waals surface area contributed by atoms with Gasteiger partial charge in [-0.3, -0.25) is 4.79 Å². The van der Waals surface area contributed by atoms with Crippen LogP contribution in [0, 0.1) is 0 Å². The summed E-state index contributed by atoms with van der Waals surface area (Å²) in [7, 11) is 1.55. The van der Waals surface area contributed by atoms with E-state index in [4.69, 9.17) is 49.6 Å². The quantitative estimate of drug-likeness (QED) is 0.511. The summed E-state index contributed by atoms with van der Waals surface area (Å²) in [4.78, 5) is 12.4. The number of benzene rings is 2. The third kappa shape index (κ3) is 4.41. The number of rotatable bonds is 5. The highest BCUT2D eigenvalue weighted by Crippen LogP contribution is 2.42. The molecular weight excluding hydrogens is 421 g/mol. The molecule has 2 aromatic rings. The van der Waals surface area contributed by atoms with Gasteiger partial charge >= 0.3 is 5.97 Å². The van der Waals surface area contributed by atoms with Gasteiger partial charge in [-0.25, -0.2) is 0 Å². The number of ether oxygens (including phenoxy) is 3. The van der Waals surface area contributed by atoms with Crippen molar-refractivity contribution in [3.8, 4) is 5.75 Å². The highest BCUT2D eigenvalue weighted by atomic mass is 35.5. The standard InChI is InChI=1S/C20H19Cl2NO4S/c1-3-26-17(24)10-16-20(28)23-14-8-7-11(21)9-13(14)19(27-16)12-5-4-6-15(25-2)18(12)22/h4-9,16,19H,3,10H2,1-2H3,(H,23,28). The van der Waals surface area contributed by atoms with Gasteiger partial charge in [-0.1, -0.05) is 47.6 Å². The first-order valence-electron chi connectivity index (χ1n) is 8.68. The average Bonchev–Trinajstić information content (AvgIpc) is 2.79. The minimum Gasteiger partial charge on any atom is -0.495 e. The molecule has 1 aliphatic rings. The number of carbonyl (C=O) groups is 1. The number of nitrogens with one attached hydrogen (secondary N) is 1. The SMILES string of the molecule is CCOC(=O)CC1OC(c2cccc(OC)c2Cl)c2cc(Cl)ccc2NC1=S. The second-order valence-corrected chi connectivity index (χ2v) is 7.35. The summed E-state index contributed by atoms with van der Waals surface area (Å²) in [5, 5.41) is 4.13. The molecule has 28 heavy (non-hydrogen) atoms. The predicted octanol–water partition coefficient (Wildman–Crippen LogP) is 5.18. The Balaban J connectivity index is 2.08. The van der Waals surface area contributed by atoms with E-state index in [1.54, 1.807) is 32.2 Å². The van der Waals surface area contributed by atoms with Crippen molar-refractivity contribution in [3.05, 3.63) is 57.6 Å². The predicted molar refractivity (Wildman–Crippen MR) is 114 cm³/mol. The van der Waals surface area contributed by atoms with Crippen molar-refractivity contribution >= 4 is 52.1 Å². The summed E-state index contributed by atoms with van der Waals surface area (Å²) in [5.41, 5.74) is 2.19. The zero-order valence-corrected chi connectivity index (χ0v) is 17.7. The molecule has 5 nitrogen and oxygen atoms in total. The van der Waals surface area contributed by atoms with Gasteiger partial charge in [0.25, 0.3) is 0 Å². The van der Waals surface area contributed by atoms with Crippen LogP contribution in [0.3, 0.4) is 0 Å². The lowest BCUT2D eigenvalue weighted by Crippen LogP contribution is -2.31. The van der Waals surface area contributed by atoms with Crippen molar-refractivity contribution in [1.82, 2.24) is 0 Å². The van der Waals surface area contributed by atoms with E-state index in [0.717, 1.165) is 11.3 Å². The van der Waals surface area contributed by atoms with Gasteiger partial charge < -0.3 is 19.5 Å². The zero-order valence-electron chi connectivity index (χ0n) is 15.3. The molecule has 0 aliphatic carbocycles. The largest absolute Gasteiger partial charge is 0.495 e. The van der Waals surface area contributed by atoms with Crippen molar-refractivity contribution in [2.24, 2.45) is 0 Å². The Morgan fingerprint density at radius 2 is 2.04 bits per heavy atom. The molecule has 2 aromatic carbocycles. The van der Waals surface area contributed by atoms with Crippen LogP contribution in [0.1, 0.15) is 30.6 Å². The number of halogens is 2. The van der Waals surface area contributed by atoms with Gasteiger partial charge in [0.05, 0.1) is 25.2 Å². The van der Waals surface area contributed by atoms with E-state index in [9.17, 15) is 4.79 Å². The van der Waals surface area contributed by atoms with Gasteiger partial charge in [0, 0.05) is 21.8 Å². The van der Waals surface area contributed by atoms with Crippen molar-refractivity contribution in [2.45, 2.75) is 25.6 Å². The lowest BCUT2D eigenvalue weighted by atomic mass is 9.99. The fraction of sp³-hybridized carbons (Fsp3) is 0.300. The van der Waals surface area contributed by atoms with Crippen LogP contribution in [0.2, 0.25) is 10.0 Å². The van der Waals surface area contributed by atoms with Crippen molar-refractivity contribution in [2.75, 3.05) is 19.0 Å². The topological polar surface area (TPSA) is 56.8 Å². The first-order valence-corrected chi connectivity index (χ1v) is 9.84. The lowest BCUT2D eigenvalue weighted by Gasteiger charge is -2.23. The molecule has 2 atom stereocenters. The van der Waals surface area contributed by atoms with Crippen LogP contribution in [0.25, 0.3) is 0 Å². The molecule has 2 unspecified atom stereocenters. The molecule has 0 amide bonds. The molecule has 0 aromatic heterocycles. The zero-order chi connectivity index (χ0) is 20.3. The van der Waals surface area contributed by atoms with Crippen LogP contribution in [-0.4, -0.2) is 30.8 Å². The molecular formula is C20H19Cl2NO4S. The van der Waals surface area contributed by atoms with E-state index in [1.165, 1.54) is 0 Å². The van der Waals surface area contributed by atoms with E-state index in [2.05, 4.69) is 5.32 Å². The highest BCUT2D eigenvalue weighted by Gasteiger charge is 2.33. The van der Waals surface area contributed by atoms with Crippen LogP contribution in [0.5, 0.6) is 5.75 Å². The van der Waals surface area contributed by atoms with Gasteiger partial charge in [-0.05, 0) is 31.2 Å². The van der Waals surface area contributed by atoms with Gasteiger partial charge in [0.2, 0.25) is 0 Å². The number of hydrogen-bond acceptors (Lipinski definition) is 5.